The minimum Gasteiger partial charge on any atom is -0.352 e. The van der Waals surface area contributed by atoms with Gasteiger partial charge in [-0.15, -0.1) is 0 Å². The Morgan fingerprint density at radius 1 is 1.15 bits per heavy atom. The zero-order valence-corrected chi connectivity index (χ0v) is 13.4. The molecule has 20 heavy (non-hydrogen) atoms. The number of hydrogen-bond acceptors (Lipinski definition) is 3. The van der Waals surface area contributed by atoms with Crippen molar-refractivity contribution in [3.63, 3.8) is 0 Å². The first-order valence-electron chi connectivity index (χ1n) is 6.93. The van der Waals surface area contributed by atoms with E-state index < -0.39 is 5.41 Å². The van der Waals surface area contributed by atoms with Crippen LogP contribution >= 0.6 is 0 Å². The Morgan fingerprint density at radius 2 is 1.70 bits per heavy atom. The molecule has 3 amide bonds. The Hall–Kier alpha value is -1.59. The Bertz CT molecular complexity index is 359. The highest BCUT2D eigenvalue weighted by molar-refractivity contribution is 5.89. The predicted octanol–water partition coefficient (Wildman–Crippen LogP) is 0.522. The highest BCUT2D eigenvalue weighted by Crippen LogP contribution is 2.12. The van der Waals surface area contributed by atoms with Crippen molar-refractivity contribution in [2.45, 2.75) is 47.6 Å². The normalized spacial score (nSPS) is 11.2. The summed E-state index contributed by atoms with van der Waals surface area (Å²) in [6.07, 6.45) is 0. The summed E-state index contributed by atoms with van der Waals surface area (Å²) in [6, 6.07) is 0.0388. The van der Waals surface area contributed by atoms with Crippen LogP contribution in [0.5, 0.6) is 0 Å². The number of carbonyl (C=O) groups is 3. The molecule has 0 aromatic heterocycles. The summed E-state index contributed by atoms with van der Waals surface area (Å²) < 4.78 is 0. The van der Waals surface area contributed by atoms with Crippen LogP contribution in [0.4, 0.5) is 0 Å². The molecule has 0 aromatic carbocycles. The highest BCUT2D eigenvalue weighted by atomic mass is 16.2. The highest BCUT2D eigenvalue weighted by Gasteiger charge is 2.23. The largest absolute Gasteiger partial charge is 0.352 e. The first kappa shape index (κ1) is 18.4. The summed E-state index contributed by atoms with van der Waals surface area (Å²) in [4.78, 5) is 36.7. The molecule has 0 spiro atoms. The third-order valence-corrected chi connectivity index (χ3v) is 2.60. The van der Waals surface area contributed by atoms with Crippen LogP contribution in [-0.4, -0.2) is 48.3 Å². The zero-order valence-electron chi connectivity index (χ0n) is 13.4. The number of amides is 3. The maximum absolute atomic E-state index is 12.0. The zero-order chi connectivity index (χ0) is 15.9. The van der Waals surface area contributed by atoms with Gasteiger partial charge in [-0.2, -0.15) is 0 Å². The fourth-order valence-corrected chi connectivity index (χ4v) is 1.45. The van der Waals surface area contributed by atoms with Crippen molar-refractivity contribution in [3.05, 3.63) is 0 Å². The second kappa shape index (κ2) is 7.87. The quantitative estimate of drug-likeness (QED) is 0.747. The lowest BCUT2D eigenvalue weighted by molar-refractivity contribution is -0.137. The number of nitrogens with one attached hydrogen (secondary N) is 2. The first-order chi connectivity index (χ1) is 9.07. The van der Waals surface area contributed by atoms with Crippen molar-refractivity contribution >= 4 is 17.7 Å². The van der Waals surface area contributed by atoms with E-state index in [4.69, 9.17) is 0 Å². The van der Waals surface area contributed by atoms with E-state index in [1.807, 2.05) is 13.8 Å². The molecule has 0 fully saturated rings. The molecular weight excluding hydrogens is 258 g/mol. The van der Waals surface area contributed by atoms with E-state index in [9.17, 15) is 14.4 Å². The second-order valence-electron chi connectivity index (χ2n) is 6.06. The van der Waals surface area contributed by atoms with Crippen molar-refractivity contribution in [1.29, 1.82) is 0 Å². The molecule has 0 aliphatic rings. The van der Waals surface area contributed by atoms with Gasteiger partial charge >= 0.3 is 0 Å². The van der Waals surface area contributed by atoms with Crippen LogP contribution < -0.4 is 10.6 Å². The SMILES string of the molecule is CCN(CC(=O)NC(C)C)C(=O)CNC(=O)C(C)(C)C. The van der Waals surface area contributed by atoms with Gasteiger partial charge in [0.2, 0.25) is 17.7 Å². The average molecular weight is 285 g/mol. The van der Waals surface area contributed by atoms with E-state index >= 15 is 0 Å². The van der Waals surface area contributed by atoms with Gasteiger partial charge in [-0.25, -0.2) is 0 Å². The number of nitrogens with zero attached hydrogens (tertiary/aromatic N) is 1. The van der Waals surface area contributed by atoms with Crippen molar-refractivity contribution in [2.24, 2.45) is 5.41 Å². The standard InChI is InChI=1S/C14H27N3O3/c1-7-17(9-11(18)16-10(2)3)12(19)8-15-13(20)14(4,5)6/h10H,7-9H2,1-6H3,(H,15,20)(H,16,18). The summed E-state index contributed by atoms with van der Waals surface area (Å²) in [6.45, 7) is 11.2. The molecule has 6 nitrogen and oxygen atoms in total. The minimum atomic E-state index is -0.535. The molecule has 0 bridgehead atoms. The number of hydrogen-bond donors (Lipinski definition) is 2. The molecule has 2 N–H and O–H groups in total. The summed E-state index contributed by atoms with van der Waals surface area (Å²) >= 11 is 0. The van der Waals surface area contributed by atoms with Crippen LogP contribution in [0, 0.1) is 5.41 Å². The smallest absolute Gasteiger partial charge is 0.242 e. The summed E-state index contributed by atoms with van der Waals surface area (Å²) in [5.41, 5.74) is -0.535. The predicted molar refractivity (Wildman–Crippen MR) is 78.0 cm³/mol. The molecule has 0 aliphatic carbocycles. The maximum Gasteiger partial charge on any atom is 0.242 e. The molecule has 0 radical (unpaired) electrons. The van der Waals surface area contributed by atoms with Crippen LogP contribution in [0.3, 0.4) is 0 Å². The topological polar surface area (TPSA) is 78.5 Å². The molecule has 0 saturated heterocycles. The molecule has 0 saturated carbocycles. The molecule has 0 heterocycles. The van der Waals surface area contributed by atoms with Crippen LogP contribution in [0.25, 0.3) is 0 Å². The van der Waals surface area contributed by atoms with Crippen LogP contribution in [0.15, 0.2) is 0 Å². The van der Waals surface area contributed by atoms with Crippen LogP contribution in [0.2, 0.25) is 0 Å². The van der Waals surface area contributed by atoms with Gasteiger partial charge < -0.3 is 15.5 Å². The van der Waals surface area contributed by atoms with E-state index in [0.717, 1.165) is 0 Å². The number of likely N-dealkylation sites (N-methyl/N-ethyl adjacent to an activating group) is 1. The van der Waals surface area contributed by atoms with E-state index in [1.165, 1.54) is 4.90 Å². The maximum atomic E-state index is 12.0. The van der Waals surface area contributed by atoms with Crippen LogP contribution in [0.1, 0.15) is 41.5 Å². The Balaban J connectivity index is 4.35. The van der Waals surface area contributed by atoms with Crippen molar-refractivity contribution in [2.75, 3.05) is 19.6 Å². The summed E-state index contributed by atoms with van der Waals surface area (Å²) in [7, 11) is 0. The minimum absolute atomic E-state index is 0.0128. The van der Waals surface area contributed by atoms with E-state index in [0.29, 0.717) is 6.54 Å². The van der Waals surface area contributed by atoms with Gasteiger partial charge in [0.1, 0.15) is 0 Å². The van der Waals surface area contributed by atoms with Crippen LogP contribution in [-0.2, 0) is 14.4 Å². The van der Waals surface area contributed by atoms with Crippen molar-refractivity contribution in [1.82, 2.24) is 15.5 Å². The lowest BCUT2D eigenvalue weighted by Crippen LogP contribution is -2.47. The summed E-state index contributed by atoms with van der Waals surface area (Å²) in [5.74, 6) is -0.644. The Labute approximate surface area is 121 Å². The lowest BCUT2D eigenvalue weighted by atomic mass is 9.96. The van der Waals surface area contributed by atoms with E-state index in [2.05, 4.69) is 10.6 Å². The molecule has 0 unspecified atom stereocenters. The van der Waals surface area contributed by atoms with E-state index in [-0.39, 0.29) is 36.9 Å². The van der Waals surface area contributed by atoms with Gasteiger partial charge in [-0.05, 0) is 20.8 Å². The number of carbonyl (C=O) groups excluding carboxylic acids is 3. The van der Waals surface area contributed by atoms with Gasteiger partial charge in [-0.1, -0.05) is 20.8 Å². The molecular formula is C14H27N3O3. The fraction of sp³-hybridized carbons (Fsp3) is 0.786. The van der Waals surface area contributed by atoms with Crippen molar-refractivity contribution in [3.8, 4) is 0 Å². The van der Waals surface area contributed by atoms with Gasteiger partial charge in [0.05, 0.1) is 13.1 Å². The van der Waals surface area contributed by atoms with Gasteiger partial charge in [0, 0.05) is 18.0 Å². The molecule has 0 rings (SSSR count). The molecule has 116 valence electrons. The Morgan fingerprint density at radius 3 is 2.10 bits per heavy atom. The Kier molecular flexibility index (Phi) is 7.24. The molecule has 6 heteroatoms. The van der Waals surface area contributed by atoms with Gasteiger partial charge in [-0.3, -0.25) is 14.4 Å². The third-order valence-electron chi connectivity index (χ3n) is 2.60. The van der Waals surface area contributed by atoms with Crippen molar-refractivity contribution < 1.29 is 14.4 Å². The number of rotatable bonds is 6. The van der Waals surface area contributed by atoms with E-state index in [1.54, 1.807) is 27.7 Å². The monoisotopic (exact) mass is 285 g/mol. The fourth-order valence-electron chi connectivity index (χ4n) is 1.45. The molecule has 0 aliphatic heterocycles. The second-order valence-corrected chi connectivity index (χ2v) is 6.06. The van der Waals surface area contributed by atoms with Gasteiger partial charge in [0.25, 0.3) is 0 Å². The first-order valence-corrected chi connectivity index (χ1v) is 6.93. The molecule has 0 atom stereocenters. The molecule has 0 aromatic rings. The average Bonchev–Trinajstić information content (AvgIpc) is 2.30. The van der Waals surface area contributed by atoms with Gasteiger partial charge in [0.15, 0.2) is 0 Å². The third kappa shape index (κ3) is 7.11. The lowest BCUT2D eigenvalue weighted by Gasteiger charge is -2.23. The summed E-state index contributed by atoms with van der Waals surface area (Å²) in [5, 5.41) is 5.32.